The summed E-state index contributed by atoms with van der Waals surface area (Å²) in [6.07, 6.45) is 41.0. The van der Waals surface area contributed by atoms with E-state index in [1.807, 2.05) is 38.1 Å². The highest BCUT2D eigenvalue weighted by atomic mass is 16.5. The van der Waals surface area contributed by atoms with Gasteiger partial charge in [-0.1, -0.05) is 205 Å². The molecule has 0 aromatic heterocycles. The lowest BCUT2D eigenvalue weighted by atomic mass is 9.96. The molecule has 336 valence electrons. The van der Waals surface area contributed by atoms with Crippen LogP contribution in [-0.2, 0) is 31.9 Å². The Morgan fingerprint density at radius 1 is 0.407 bits per heavy atom. The maximum Gasteiger partial charge on any atom is 0.305 e. The fourth-order valence-corrected chi connectivity index (χ4v) is 7.95. The number of carbonyl (C=O) groups excluding carboxylic acids is 2. The van der Waals surface area contributed by atoms with E-state index in [1.165, 1.54) is 178 Å². The monoisotopic (exact) mass is 821 g/mol. The van der Waals surface area contributed by atoms with Crippen molar-refractivity contribution in [2.75, 3.05) is 13.2 Å². The number of hydrogen-bond acceptors (Lipinski definition) is 6. The molecule has 0 unspecified atom stereocenters. The molecule has 0 amide bonds. The standard InChI is InChI=1S/C53H88O6/c1-53(2,45-58-51(56)41-31-27-23-19-15-11-7-3-5-9-13-17-21-25-29-35-47-37-33-39-49(54)43-47)46-59-52(57)42-32-28-24-20-16-12-8-4-6-10-14-18-22-26-30-36-48-38-34-40-50(55)44-48/h33-34,37-40,43-44,54-55H,3-32,35-36,41-42,45-46H2,1-2H3. The smallest absolute Gasteiger partial charge is 0.305 e. The third kappa shape index (κ3) is 32.4. The fraction of sp³-hybridized carbons (Fsp3) is 0.736. The average molecular weight is 821 g/mol. The van der Waals surface area contributed by atoms with Gasteiger partial charge in [-0.05, 0) is 73.9 Å². The second-order valence-electron chi connectivity index (χ2n) is 18.4. The molecule has 0 spiro atoms. The summed E-state index contributed by atoms with van der Waals surface area (Å²) < 4.78 is 11.1. The molecular formula is C53H88O6. The van der Waals surface area contributed by atoms with Gasteiger partial charge >= 0.3 is 11.9 Å². The minimum atomic E-state index is -0.379. The van der Waals surface area contributed by atoms with Crippen LogP contribution in [-0.4, -0.2) is 35.4 Å². The second-order valence-corrected chi connectivity index (χ2v) is 18.4. The van der Waals surface area contributed by atoms with E-state index < -0.39 is 0 Å². The summed E-state index contributed by atoms with van der Waals surface area (Å²) in [7, 11) is 0. The SMILES string of the molecule is CC(C)(COC(=O)CCCCCCCCCCCCCCCCCc1cccc(O)c1)COC(=O)CCCCCCCCCCCCCCCCCc1cccc(O)c1. The average Bonchev–Trinajstić information content (AvgIpc) is 3.21. The molecule has 6 nitrogen and oxygen atoms in total. The highest BCUT2D eigenvalue weighted by molar-refractivity contribution is 5.69. The Kier molecular flexibility index (Phi) is 31.5. The predicted octanol–water partition coefficient (Wildman–Crippen LogP) is 15.5. The largest absolute Gasteiger partial charge is 0.508 e. The van der Waals surface area contributed by atoms with E-state index in [4.69, 9.17) is 9.47 Å². The molecule has 2 rings (SSSR count). The van der Waals surface area contributed by atoms with Gasteiger partial charge in [0.15, 0.2) is 0 Å². The number of ether oxygens (including phenoxy) is 2. The number of benzene rings is 2. The van der Waals surface area contributed by atoms with Gasteiger partial charge in [0.05, 0.1) is 13.2 Å². The first-order chi connectivity index (χ1) is 28.7. The van der Waals surface area contributed by atoms with Crippen LogP contribution in [0.2, 0.25) is 0 Å². The van der Waals surface area contributed by atoms with Gasteiger partial charge < -0.3 is 19.7 Å². The molecule has 6 heteroatoms. The first-order valence-electron chi connectivity index (χ1n) is 24.6. The van der Waals surface area contributed by atoms with Gasteiger partial charge in [-0.2, -0.15) is 0 Å². The molecule has 0 fully saturated rings. The number of esters is 2. The Bertz CT molecular complexity index is 1210. The lowest BCUT2D eigenvalue weighted by molar-refractivity contribution is -0.152. The van der Waals surface area contributed by atoms with Gasteiger partial charge in [0.2, 0.25) is 0 Å². The normalized spacial score (nSPS) is 11.6. The Balaban J connectivity index is 1.25. The van der Waals surface area contributed by atoms with E-state index in [0.717, 1.165) is 38.5 Å². The second kappa shape index (κ2) is 35.7. The van der Waals surface area contributed by atoms with Crippen LogP contribution in [0.25, 0.3) is 0 Å². The van der Waals surface area contributed by atoms with Crippen LogP contribution in [0.1, 0.15) is 230 Å². The highest BCUT2D eigenvalue weighted by Gasteiger charge is 2.23. The summed E-state index contributed by atoms with van der Waals surface area (Å²) >= 11 is 0. The number of aryl methyl sites for hydroxylation is 2. The van der Waals surface area contributed by atoms with E-state index in [2.05, 4.69) is 12.1 Å². The lowest BCUT2D eigenvalue weighted by Gasteiger charge is -2.23. The van der Waals surface area contributed by atoms with E-state index in [9.17, 15) is 19.8 Å². The first kappa shape index (κ1) is 52.1. The maximum absolute atomic E-state index is 12.3. The molecule has 0 radical (unpaired) electrons. The van der Waals surface area contributed by atoms with Crippen molar-refractivity contribution in [3.8, 4) is 11.5 Å². The number of phenolic OH excluding ortho intramolecular Hbond substituents is 2. The summed E-state index contributed by atoms with van der Waals surface area (Å²) in [6, 6.07) is 15.3. The molecule has 2 aromatic rings. The molecular weight excluding hydrogens is 733 g/mol. The molecule has 0 aliphatic heterocycles. The zero-order valence-corrected chi connectivity index (χ0v) is 38.1. The number of hydrogen-bond donors (Lipinski definition) is 2. The molecule has 2 aromatic carbocycles. The summed E-state index contributed by atoms with van der Waals surface area (Å²) in [5.74, 6) is 0.467. The van der Waals surface area contributed by atoms with Crippen molar-refractivity contribution in [1.82, 2.24) is 0 Å². The zero-order chi connectivity index (χ0) is 42.5. The summed E-state index contributed by atoms with van der Waals surface area (Å²) in [5, 5.41) is 19.1. The predicted molar refractivity (Wildman–Crippen MR) is 247 cm³/mol. The van der Waals surface area contributed by atoms with Crippen molar-refractivity contribution in [2.45, 2.75) is 232 Å². The summed E-state index contributed by atoms with van der Waals surface area (Å²) in [4.78, 5) is 24.6. The van der Waals surface area contributed by atoms with E-state index in [-0.39, 0.29) is 30.6 Å². The number of carbonyl (C=O) groups is 2. The number of rotatable bonds is 40. The van der Waals surface area contributed by atoms with Crippen LogP contribution in [0.4, 0.5) is 0 Å². The van der Waals surface area contributed by atoms with Gasteiger partial charge in [0, 0.05) is 18.3 Å². The van der Waals surface area contributed by atoms with Crippen LogP contribution >= 0.6 is 0 Å². The van der Waals surface area contributed by atoms with Crippen molar-refractivity contribution >= 4 is 11.9 Å². The molecule has 59 heavy (non-hydrogen) atoms. The minimum Gasteiger partial charge on any atom is -0.508 e. The maximum atomic E-state index is 12.3. The van der Waals surface area contributed by atoms with Crippen LogP contribution in [0.15, 0.2) is 48.5 Å². The molecule has 0 saturated carbocycles. The van der Waals surface area contributed by atoms with Crippen LogP contribution in [0.3, 0.4) is 0 Å². The van der Waals surface area contributed by atoms with E-state index >= 15 is 0 Å². The van der Waals surface area contributed by atoms with Crippen LogP contribution in [0.5, 0.6) is 11.5 Å². The fourth-order valence-electron chi connectivity index (χ4n) is 7.95. The molecule has 0 saturated heterocycles. The molecule has 0 bridgehead atoms. The van der Waals surface area contributed by atoms with Crippen molar-refractivity contribution < 1.29 is 29.3 Å². The summed E-state index contributed by atoms with van der Waals surface area (Å²) in [6.45, 7) is 4.54. The molecule has 0 aliphatic carbocycles. The molecule has 0 atom stereocenters. The Hall–Kier alpha value is -3.02. The zero-order valence-electron chi connectivity index (χ0n) is 38.1. The van der Waals surface area contributed by atoms with Gasteiger partial charge in [-0.25, -0.2) is 0 Å². The lowest BCUT2D eigenvalue weighted by Crippen LogP contribution is -2.28. The van der Waals surface area contributed by atoms with Crippen LogP contribution < -0.4 is 0 Å². The van der Waals surface area contributed by atoms with E-state index in [1.54, 1.807) is 12.1 Å². The Morgan fingerprint density at radius 3 is 0.932 bits per heavy atom. The van der Waals surface area contributed by atoms with Crippen molar-refractivity contribution in [3.05, 3.63) is 59.7 Å². The third-order valence-electron chi connectivity index (χ3n) is 11.8. The van der Waals surface area contributed by atoms with E-state index in [0.29, 0.717) is 24.3 Å². The van der Waals surface area contributed by atoms with Crippen molar-refractivity contribution in [2.24, 2.45) is 5.41 Å². The Labute approximate surface area is 362 Å². The summed E-state index contributed by atoms with van der Waals surface area (Å²) in [5.41, 5.74) is 2.10. The van der Waals surface area contributed by atoms with Crippen LogP contribution in [0, 0.1) is 5.41 Å². The number of unbranched alkanes of at least 4 members (excludes halogenated alkanes) is 28. The quantitative estimate of drug-likeness (QED) is 0.0514. The topological polar surface area (TPSA) is 93.1 Å². The third-order valence-corrected chi connectivity index (χ3v) is 11.8. The molecule has 0 heterocycles. The number of phenols is 2. The van der Waals surface area contributed by atoms with Gasteiger partial charge in [0.1, 0.15) is 11.5 Å². The minimum absolute atomic E-state index is 0.140. The molecule has 2 N–H and O–H groups in total. The molecule has 0 aliphatic rings. The first-order valence-corrected chi connectivity index (χ1v) is 24.6. The van der Waals surface area contributed by atoms with Gasteiger partial charge in [-0.15, -0.1) is 0 Å². The van der Waals surface area contributed by atoms with Crippen molar-refractivity contribution in [1.29, 1.82) is 0 Å². The highest BCUT2D eigenvalue weighted by Crippen LogP contribution is 2.20. The van der Waals surface area contributed by atoms with Gasteiger partial charge in [-0.3, -0.25) is 9.59 Å². The van der Waals surface area contributed by atoms with Gasteiger partial charge in [0.25, 0.3) is 0 Å². The number of aromatic hydroxyl groups is 2. The Morgan fingerprint density at radius 2 is 0.661 bits per heavy atom. The van der Waals surface area contributed by atoms with Crippen molar-refractivity contribution in [3.63, 3.8) is 0 Å².